The Bertz CT molecular complexity index is 393. The molecule has 0 aromatic carbocycles. The van der Waals surface area contributed by atoms with Crippen LogP contribution in [0.5, 0.6) is 0 Å². The van der Waals surface area contributed by atoms with Crippen LogP contribution in [-0.2, 0) is 0 Å². The Morgan fingerprint density at radius 3 is 2.37 bits per heavy atom. The predicted octanol–water partition coefficient (Wildman–Crippen LogP) is 1.55. The normalized spacial score (nSPS) is 14.8. The number of halogens is 4. The molecule has 0 saturated heterocycles. The fourth-order valence-electron chi connectivity index (χ4n) is 1.08. The molecule has 0 saturated carbocycles. The quantitative estimate of drug-likeness (QED) is 0.338. The molecule has 5 N–H and O–H groups in total. The Morgan fingerprint density at radius 2 is 2.00 bits per heavy atom. The van der Waals surface area contributed by atoms with Crippen LogP contribution in [0.25, 0.3) is 0 Å². The van der Waals surface area contributed by atoms with E-state index in [1.54, 1.807) is 29.6 Å². The summed E-state index contributed by atoms with van der Waals surface area (Å²) in [6.45, 7) is -1.26. The van der Waals surface area contributed by atoms with Crippen molar-refractivity contribution >= 4 is 32.5 Å². The largest absolute Gasteiger partial charge is 0.405 e. The van der Waals surface area contributed by atoms with Gasteiger partial charge in [0.05, 0.1) is 3.72 Å². The van der Waals surface area contributed by atoms with Gasteiger partial charge in [0.25, 0.3) is 0 Å². The Hall–Kier alpha value is -1.10. The van der Waals surface area contributed by atoms with Crippen LogP contribution in [0, 0.1) is 10.8 Å². The second kappa shape index (κ2) is 8.15. The second-order valence-corrected chi connectivity index (χ2v) is 4.47. The third-order valence-corrected chi connectivity index (χ3v) is 2.52. The van der Waals surface area contributed by atoms with E-state index in [1.807, 2.05) is 5.32 Å². The summed E-state index contributed by atoms with van der Waals surface area (Å²) in [6, 6.07) is 0. The van der Waals surface area contributed by atoms with E-state index in [0.29, 0.717) is 0 Å². The van der Waals surface area contributed by atoms with Crippen molar-refractivity contribution in [2.24, 2.45) is 0 Å². The van der Waals surface area contributed by atoms with Crippen molar-refractivity contribution in [1.82, 2.24) is 10.6 Å². The average molecular weight is 390 g/mol. The molecular formula is C10H14F3IN4O. The minimum absolute atomic E-state index is 0.0167. The summed E-state index contributed by atoms with van der Waals surface area (Å²) >= 11 is 1.66. The molecule has 0 aliphatic carbocycles. The van der Waals surface area contributed by atoms with Crippen LogP contribution in [0.3, 0.4) is 0 Å². The zero-order valence-electron chi connectivity index (χ0n) is 9.98. The molecule has 0 fully saturated rings. The number of nitrogens with one attached hydrogen (secondary N) is 4. The van der Waals surface area contributed by atoms with Gasteiger partial charge in [0, 0.05) is 36.8 Å². The lowest BCUT2D eigenvalue weighted by molar-refractivity contribution is -0.122. The summed E-state index contributed by atoms with van der Waals surface area (Å²) in [5, 5.41) is 29.0. The van der Waals surface area contributed by atoms with Crippen molar-refractivity contribution in [2.45, 2.75) is 12.3 Å². The maximum absolute atomic E-state index is 12.0. The first-order chi connectivity index (χ1) is 8.72. The zero-order chi connectivity index (χ0) is 15.1. The minimum atomic E-state index is -4.38. The predicted molar refractivity (Wildman–Crippen MR) is 75.8 cm³/mol. The molecule has 0 aromatic heterocycles. The molecule has 9 heteroatoms. The first-order valence-corrected chi connectivity index (χ1v) is 6.11. The highest BCUT2D eigenvalue weighted by Crippen LogP contribution is 2.15. The lowest BCUT2D eigenvalue weighted by atomic mass is 10.1. The van der Waals surface area contributed by atoms with Gasteiger partial charge in [0.2, 0.25) is 0 Å². The van der Waals surface area contributed by atoms with Crippen molar-refractivity contribution in [3.8, 4) is 0 Å². The summed E-state index contributed by atoms with van der Waals surface area (Å²) in [5.74, 6) is 0. The van der Waals surface area contributed by atoms with Crippen LogP contribution < -0.4 is 10.6 Å². The van der Waals surface area contributed by atoms with Crippen LogP contribution in [0.1, 0.15) is 0 Å². The van der Waals surface area contributed by atoms with E-state index in [1.165, 1.54) is 6.20 Å². The van der Waals surface area contributed by atoms with Gasteiger partial charge in [-0.1, -0.05) is 0 Å². The number of aliphatic hydroxyl groups excluding tert-OH is 1. The fraction of sp³-hybridized carbons (Fsp3) is 0.400. The van der Waals surface area contributed by atoms with Gasteiger partial charge in [-0.2, -0.15) is 13.2 Å². The van der Waals surface area contributed by atoms with Gasteiger partial charge in [-0.15, -0.1) is 0 Å². The molecule has 0 aromatic rings. The monoisotopic (exact) mass is 390 g/mol. The van der Waals surface area contributed by atoms with Gasteiger partial charge in [0.15, 0.2) is 0 Å². The van der Waals surface area contributed by atoms with Crippen LogP contribution >= 0.6 is 22.6 Å². The second-order valence-electron chi connectivity index (χ2n) is 3.39. The first-order valence-electron chi connectivity index (χ1n) is 5.03. The van der Waals surface area contributed by atoms with E-state index >= 15 is 0 Å². The molecule has 0 radical (unpaired) electrons. The lowest BCUT2D eigenvalue weighted by Gasteiger charge is -2.15. The van der Waals surface area contributed by atoms with Crippen molar-refractivity contribution in [2.75, 3.05) is 13.6 Å². The molecule has 19 heavy (non-hydrogen) atoms. The number of hydrogen-bond donors (Lipinski definition) is 5. The zero-order valence-corrected chi connectivity index (χ0v) is 12.1. The van der Waals surface area contributed by atoms with Crippen molar-refractivity contribution in [1.29, 1.82) is 10.8 Å². The summed E-state index contributed by atoms with van der Waals surface area (Å²) < 4.78 is 35.9. The molecule has 5 nitrogen and oxygen atoms in total. The third-order valence-electron chi connectivity index (χ3n) is 1.90. The Balaban J connectivity index is 4.93. The Morgan fingerprint density at radius 1 is 1.42 bits per heavy atom. The smallest absolute Gasteiger partial charge is 0.394 e. The van der Waals surface area contributed by atoms with Crippen LogP contribution in [-0.4, -0.2) is 40.9 Å². The lowest BCUT2D eigenvalue weighted by Crippen LogP contribution is -2.27. The summed E-state index contributed by atoms with van der Waals surface area (Å²) in [6.07, 6.45) is -2.74. The molecule has 0 amide bonds. The Labute approximate surface area is 122 Å². The van der Waals surface area contributed by atoms with E-state index < -0.39 is 18.8 Å². The molecule has 0 bridgehead atoms. The van der Waals surface area contributed by atoms with E-state index in [4.69, 9.17) is 10.8 Å². The van der Waals surface area contributed by atoms with E-state index in [-0.39, 0.29) is 14.9 Å². The Kier molecular flexibility index (Phi) is 7.68. The highest BCUT2D eigenvalue weighted by Gasteiger charge is 2.26. The van der Waals surface area contributed by atoms with E-state index in [0.717, 1.165) is 12.4 Å². The van der Waals surface area contributed by atoms with Crippen LogP contribution in [0.15, 0.2) is 23.5 Å². The van der Waals surface area contributed by atoms with Gasteiger partial charge in [-0.3, -0.25) is 5.41 Å². The number of rotatable bonds is 7. The molecule has 0 aliphatic heterocycles. The van der Waals surface area contributed by atoms with Crippen molar-refractivity contribution < 1.29 is 18.3 Å². The van der Waals surface area contributed by atoms with E-state index in [2.05, 4.69) is 5.32 Å². The maximum Gasteiger partial charge on any atom is 0.405 e. The standard InChI is InChI=1S/C10H14F3IN4O/c1-17-4-7(9(14)16)8(19)6(2-15)3-18-5-10(11,12)13/h2-4,8,15-19H,5H2,1H3/b6-3+,7-4-,15-2?,16-9?. The average Bonchev–Trinajstić information content (AvgIpc) is 2.29. The molecule has 0 aliphatic rings. The molecule has 1 unspecified atom stereocenters. The van der Waals surface area contributed by atoms with Crippen LogP contribution in [0.4, 0.5) is 13.2 Å². The molecule has 108 valence electrons. The van der Waals surface area contributed by atoms with Gasteiger partial charge >= 0.3 is 6.18 Å². The van der Waals surface area contributed by atoms with E-state index in [9.17, 15) is 18.3 Å². The highest BCUT2D eigenvalue weighted by molar-refractivity contribution is 14.1. The summed E-state index contributed by atoms with van der Waals surface area (Å²) in [5.41, 5.74) is 0.0822. The molecule has 0 rings (SSSR count). The third kappa shape index (κ3) is 7.15. The summed E-state index contributed by atoms with van der Waals surface area (Å²) in [4.78, 5) is 0. The van der Waals surface area contributed by atoms with Gasteiger partial charge in [0.1, 0.15) is 12.6 Å². The van der Waals surface area contributed by atoms with Gasteiger partial charge in [-0.25, -0.2) is 0 Å². The number of aliphatic hydroxyl groups is 1. The highest BCUT2D eigenvalue weighted by atomic mass is 127. The molecule has 0 spiro atoms. The van der Waals surface area contributed by atoms with Gasteiger partial charge < -0.3 is 21.1 Å². The minimum Gasteiger partial charge on any atom is -0.394 e. The molecular weight excluding hydrogens is 376 g/mol. The van der Waals surface area contributed by atoms with Crippen molar-refractivity contribution in [3.63, 3.8) is 0 Å². The maximum atomic E-state index is 12.0. The first kappa shape index (κ1) is 17.9. The van der Waals surface area contributed by atoms with Crippen molar-refractivity contribution in [3.05, 3.63) is 23.5 Å². The number of alkyl halides is 3. The SMILES string of the molecule is CN/C=C(\C(=N)I)C(O)/C(C=N)=C/NCC(F)(F)F. The molecule has 1 atom stereocenters. The van der Waals surface area contributed by atoms with Gasteiger partial charge in [-0.05, 0) is 22.6 Å². The number of hydrogen-bond acceptors (Lipinski definition) is 5. The summed E-state index contributed by atoms with van der Waals surface area (Å²) in [7, 11) is 1.56. The topological polar surface area (TPSA) is 92.0 Å². The van der Waals surface area contributed by atoms with Crippen LogP contribution in [0.2, 0.25) is 0 Å². The molecule has 0 heterocycles. The fourth-order valence-corrected chi connectivity index (χ4v) is 1.53.